The van der Waals surface area contributed by atoms with Gasteiger partial charge in [-0.1, -0.05) is 105 Å². The van der Waals surface area contributed by atoms with Gasteiger partial charge in [0.15, 0.2) is 0 Å². The minimum atomic E-state index is 0.776. The van der Waals surface area contributed by atoms with Crippen molar-refractivity contribution in [2.24, 2.45) is 0 Å². The van der Waals surface area contributed by atoms with Crippen LogP contribution in [-0.4, -0.2) is 6.61 Å². The Morgan fingerprint density at radius 2 is 1.30 bits per heavy atom. The average molecular weight is 483 g/mol. The minimum absolute atomic E-state index is 0.776. The fraction of sp³-hybridized carbons (Fsp3) is 0.167. The average Bonchev–Trinajstić information content (AvgIpc) is 2.97. The van der Waals surface area contributed by atoms with Crippen LogP contribution in [0, 0.1) is 11.8 Å². The first-order valence-corrected chi connectivity index (χ1v) is 13.1. The van der Waals surface area contributed by atoms with Crippen molar-refractivity contribution >= 4 is 21.5 Å². The summed E-state index contributed by atoms with van der Waals surface area (Å²) in [7, 11) is 0. The molecule has 0 aromatic heterocycles. The summed E-state index contributed by atoms with van der Waals surface area (Å²) in [6.45, 7) is 9.00. The van der Waals surface area contributed by atoms with E-state index in [9.17, 15) is 0 Å². The number of hydrogen-bond donors (Lipinski definition) is 0. The molecule has 0 saturated carbocycles. The Bertz CT molecular complexity index is 1520. The van der Waals surface area contributed by atoms with Crippen molar-refractivity contribution in [3.05, 3.63) is 127 Å². The molecule has 0 aliphatic rings. The molecule has 0 atom stereocenters. The largest absolute Gasteiger partial charge is 0.494 e. The monoisotopic (exact) mass is 482 g/mol. The number of rotatable bonds is 7. The summed E-state index contributed by atoms with van der Waals surface area (Å²) in [6.07, 6.45) is 4.85. The summed E-state index contributed by atoms with van der Waals surface area (Å²) in [5.41, 5.74) is 4.40. The Kier molecular flexibility index (Phi) is 9.17. The Labute approximate surface area is 221 Å². The van der Waals surface area contributed by atoms with Gasteiger partial charge >= 0.3 is 0 Å². The predicted molar refractivity (Wildman–Crippen MR) is 160 cm³/mol. The van der Waals surface area contributed by atoms with Gasteiger partial charge in [-0.25, -0.2) is 0 Å². The van der Waals surface area contributed by atoms with Gasteiger partial charge in [0.25, 0.3) is 0 Å². The second kappa shape index (κ2) is 13.1. The van der Waals surface area contributed by atoms with Gasteiger partial charge in [0, 0.05) is 11.1 Å². The van der Waals surface area contributed by atoms with E-state index in [1.165, 1.54) is 46.4 Å². The van der Waals surface area contributed by atoms with Gasteiger partial charge in [0.1, 0.15) is 5.75 Å². The van der Waals surface area contributed by atoms with Gasteiger partial charge in [0.05, 0.1) is 6.61 Å². The van der Waals surface area contributed by atoms with E-state index in [0.29, 0.717) is 0 Å². The smallest absolute Gasteiger partial charge is 0.119 e. The van der Waals surface area contributed by atoms with E-state index in [1.807, 2.05) is 24.3 Å². The standard InChI is InChI=1S/C34H30O.C2H4/c1-2-3-4-11-24-35-29-22-19-26(20-23-29)18-21-27-12-5-7-14-30(27)34-25-28-13-6-8-15-31(28)32-16-9-10-17-33(32)34;1-2/h5-10,12-17,19-20,22-23,25H,2-4,11,24H2,1H3;1-2H2. The molecule has 0 aliphatic carbocycles. The van der Waals surface area contributed by atoms with Crippen LogP contribution < -0.4 is 4.74 Å². The minimum Gasteiger partial charge on any atom is -0.494 e. The molecule has 0 radical (unpaired) electrons. The molecule has 0 unspecified atom stereocenters. The second-order valence-corrected chi connectivity index (χ2v) is 8.92. The number of hydrogen-bond acceptors (Lipinski definition) is 1. The maximum atomic E-state index is 5.88. The van der Waals surface area contributed by atoms with Crippen LogP contribution in [0.5, 0.6) is 5.75 Å². The number of unbranched alkanes of at least 4 members (excludes halogenated alkanes) is 3. The molecule has 0 bridgehead atoms. The van der Waals surface area contributed by atoms with Crippen molar-refractivity contribution in [3.63, 3.8) is 0 Å². The Morgan fingerprint density at radius 3 is 2.08 bits per heavy atom. The maximum Gasteiger partial charge on any atom is 0.119 e. The van der Waals surface area contributed by atoms with E-state index in [4.69, 9.17) is 4.74 Å². The maximum absolute atomic E-state index is 5.88. The summed E-state index contributed by atoms with van der Waals surface area (Å²) in [6, 6.07) is 36.1. The summed E-state index contributed by atoms with van der Waals surface area (Å²) in [4.78, 5) is 0. The summed E-state index contributed by atoms with van der Waals surface area (Å²) >= 11 is 0. The molecule has 0 amide bonds. The number of fused-ring (bicyclic) bond motifs is 3. The summed E-state index contributed by atoms with van der Waals surface area (Å²) in [5.74, 6) is 7.71. The molecule has 5 aromatic rings. The van der Waals surface area contributed by atoms with Crippen LogP contribution in [0.2, 0.25) is 0 Å². The Morgan fingerprint density at radius 1 is 0.622 bits per heavy atom. The van der Waals surface area contributed by atoms with Crippen molar-refractivity contribution in [2.75, 3.05) is 6.61 Å². The first kappa shape index (κ1) is 25.8. The molecule has 1 nitrogen and oxygen atoms in total. The predicted octanol–water partition coefficient (Wildman–Crippen LogP) is 9.82. The Hall–Kier alpha value is -4.28. The molecule has 0 aliphatic heterocycles. The van der Waals surface area contributed by atoms with Crippen molar-refractivity contribution in [2.45, 2.75) is 32.6 Å². The van der Waals surface area contributed by atoms with Crippen molar-refractivity contribution in [1.82, 2.24) is 0 Å². The molecule has 0 N–H and O–H groups in total. The fourth-order valence-corrected chi connectivity index (χ4v) is 4.60. The van der Waals surface area contributed by atoms with E-state index in [1.54, 1.807) is 0 Å². The third kappa shape index (κ3) is 6.29. The van der Waals surface area contributed by atoms with E-state index < -0.39 is 0 Å². The Balaban J connectivity index is 0.00000156. The van der Waals surface area contributed by atoms with Crippen LogP contribution in [0.25, 0.3) is 32.7 Å². The van der Waals surface area contributed by atoms with Crippen LogP contribution in [0.1, 0.15) is 43.7 Å². The van der Waals surface area contributed by atoms with E-state index in [-0.39, 0.29) is 0 Å². The lowest BCUT2D eigenvalue weighted by atomic mass is 9.91. The lowest BCUT2D eigenvalue weighted by Crippen LogP contribution is -1.96. The summed E-state index contributed by atoms with van der Waals surface area (Å²) in [5, 5.41) is 5.05. The summed E-state index contributed by atoms with van der Waals surface area (Å²) < 4.78 is 5.88. The molecule has 5 rings (SSSR count). The molecule has 5 aromatic carbocycles. The van der Waals surface area contributed by atoms with Gasteiger partial charge in [0.2, 0.25) is 0 Å². The molecule has 184 valence electrons. The van der Waals surface area contributed by atoms with E-state index in [0.717, 1.165) is 35.5 Å². The molecule has 0 heterocycles. The van der Waals surface area contributed by atoms with E-state index >= 15 is 0 Å². The first-order valence-electron chi connectivity index (χ1n) is 13.1. The molecule has 0 spiro atoms. The SMILES string of the molecule is C=C.CCCCCCOc1ccc(C#Cc2ccccc2-c2cc3ccccc3c3ccccc23)cc1. The van der Waals surface area contributed by atoms with Crippen molar-refractivity contribution < 1.29 is 4.74 Å². The highest BCUT2D eigenvalue weighted by molar-refractivity contribution is 6.14. The van der Waals surface area contributed by atoms with Crippen LogP contribution >= 0.6 is 0 Å². The highest BCUT2D eigenvalue weighted by Crippen LogP contribution is 2.36. The third-order valence-corrected chi connectivity index (χ3v) is 6.45. The van der Waals surface area contributed by atoms with Gasteiger partial charge < -0.3 is 4.74 Å². The zero-order chi connectivity index (χ0) is 25.9. The molecule has 0 saturated heterocycles. The topological polar surface area (TPSA) is 9.23 Å². The zero-order valence-electron chi connectivity index (χ0n) is 21.7. The highest BCUT2D eigenvalue weighted by atomic mass is 16.5. The van der Waals surface area contributed by atoms with Crippen molar-refractivity contribution in [1.29, 1.82) is 0 Å². The second-order valence-electron chi connectivity index (χ2n) is 8.92. The lowest BCUT2D eigenvalue weighted by molar-refractivity contribution is 0.305. The van der Waals surface area contributed by atoms with Gasteiger partial charge in [-0.2, -0.15) is 0 Å². The van der Waals surface area contributed by atoms with Crippen LogP contribution in [0.4, 0.5) is 0 Å². The zero-order valence-corrected chi connectivity index (χ0v) is 21.7. The molecule has 37 heavy (non-hydrogen) atoms. The van der Waals surface area contributed by atoms with Crippen molar-refractivity contribution in [3.8, 4) is 28.7 Å². The molecular weight excluding hydrogens is 448 g/mol. The third-order valence-electron chi connectivity index (χ3n) is 6.45. The van der Waals surface area contributed by atoms with Gasteiger partial charge in [-0.3, -0.25) is 0 Å². The van der Waals surface area contributed by atoms with Gasteiger partial charge in [-0.05, 0) is 75.5 Å². The highest BCUT2D eigenvalue weighted by Gasteiger charge is 2.10. The molecular formula is C36H34O. The first-order chi connectivity index (χ1) is 18.3. The molecule has 0 fully saturated rings. The van der Waals surface area contributed by atoms with Crippen LogP contribution in [0.3, 0.4) is 0 Å². The number of benzene rings is 5. The quantitative estimate of drug-likeness (QED) is 0.0970. The lowest BCUT2D eigenvalue weighted by Gasteiger charge is -2.12. The van der Waals surface area contributed by atoms with Crippen LogP contribution in [0.15, 0.2) is 116 Å². The normalized spacial score (nSPS) is 10.3. The molecule has 1 heteroatoms. The van der Waals surface area contributed by atoms with Gasteiger partial charge in [-0.15, -0.1) is 13.2 Å². The number of ether oxygens (including phenoxy) is 1. The fourth-order valence-electron chi connectivity index (χ4n) is 4.60. The van der Waals surface area contributed by atoms with Crippen LogP contribution in [-0.2, 0) is 0 Å². The van der Waals surface area contributed by atoms with E-state index in [2.05, 4.69) is 111 Å².